The summed E-state index contributed by atoms with van der Waals surface area (Å²) in [5, 5.41) is 0. The van der Waals surface area contributed by atoms with E-state index in [1.165, 1.54) is 0 Å². The van der Waals surface area contributed by atoms with Crippen molar-refractivity contribution in [1.82, 2.24) is 5.73 Å². The molecule has 0 aliphatic rings. The van der Waals surface area contributed by atoms with E-state index in [4.69, 9.17) is 15.2 Å². The molecule has 0 fully saturated rings. The first kappa shape index (κ1) is 8.88. The van der Waals surface area contributed by atoms with Gasteiger partial charge in [0.1, 0.15) is 0 Å². The van der Waals surface area contributed by atoms with Crippen molar-refractivity contribution in [3.05, 3.63) is 0 Å². The molecule has 55 valence electrons. The Balaban J connectivity index is 3.18. The maximum absolute atomic E-state index is 6.85. The highest BCUT2D eigenvalue weighted by atomic mass is 16.7. The van der Waals surface area contributed by atoms with Crippen molar-refractivity contribution in [1.29, 1.82) is 0 Å². The van der Waals surface area contributed by atoms with E-state index in [9.17, 15) is 0 Å². The van der Waals surface area contributed by atoms with Gasteiger partial charge in [-0.15, -0.1) is 0 Å². The molecule has 0 saturated heterocycles. The van der Waals surface area contributed by atoms with E-state index in [-0.39, 0.29) is 6.29 Å². The van der Waals surface area contributed by atoms with Gasteiger partial charge in [0.15, 0.2) is 6.29 Å². The van der Waals surface area contributed by atoms with E-state index in [1.54, 1.807) is 7.11 Å². The second-order valence-corrected chi connectivity index (χ2v) is 1.66. The Morgan fingerprint density at radius 2 is 2.22 bits per heavy atom. The molecule has 0 rings (SSSR count). The van der Waals surface area contributed by atoms with Gasteiger partial charge >= 0.3 is 0 Å². The van der Waals surface area contributed by atoms with Gasteiger partial charge in [0.2, 0.25) is 0 Å². The lowest BCUT2D eigenvalue weighted by molar-refractivity contribution is -0.122. The fourth-order valence-electron chi connectivity index (χ4n) is 0.573. The minimum Gasteiger partial charge on any atom is -0.356 e. The molecule has 1 unspecified atom stereocenters. The predicted octanol–water partition coefficient (Wildman–Crippen LogP) is 0.668. The number of hydrogen-bond donors (Lipinski definition) is 0. The van der Waals surface area contributed by atoms with Gasteiger partial charge < -0.3 is 9.47 Å². The molecular weight excluding hydrogens is 118 g/mol. The van der Waals surface area contributed by atoms with E-state index in [2.05, 4.69) is 0 Å². The highest BCUT2D eigenvalue weighted by Crippen LogP contribution is 1.96. The van der Waals surface area contributed by atoms with Crippen LogP contribution in [0, 0.1) is 0 Å². The minimum atomic E-state index is -0.174. The molecule has 0 aliphatic carbocycles. The van der Waals surface area contributed by atoms with Crippen LogP contribution in [0.4, 0.5) is 0 Å². The number of ether oxygens (including phenoxy) is 2. The zero-order valence-corrected chi connectivity index (χ0v) is 6.02. The average molecular weight is 132 g/mol. The molecule has 0 spiro atoms. The molecule has 0 aromatic heterocycles. The third kappa shape index (κ3) is 4.39. The molecule has 3 nitrogen and oxygen atoms in total. The second kappa shape index (κ2) is 6.01. The van der Waals surface area contributed by atoms with Crippen LogP contribution < -0.4 is 5.73 Å². The molecule has 1 N–H and O–H groups in total. The standard InChI is InChI=1S/C6H14NO2/c1-3-9-6(8-2)4-5-7/h6-7H,3-5H2,1-2H3. The molecular formula is C6H14NO2. The molecule has 0 amide bonds. The Bertz CT molecular complexity index is 53.0. The van der Waals surface area contributed by atoms with Crippen molar-refractivity contribution >= 4 is 0 Å². The summed E-state index contributed by atoms with van der Waals surface area (Å²) in [6.07, 6.45) is 0.483. The zero-order chi connectivity index (χ0) is 7.11. The normalized spacial score (nSPS) is 13.7. The summed E-state index contributed by atoms with van der Waals surface area (Å²) in [5.74, 6) is 0. The van der Waals surface area contributed by atoms with Gasteiger partial charge in [0, 0.05) is 26.7 Å². The van der Waals surface area contributed by atoms with Crippen LogP contribution in [0.5, 0.6) is 0 Å². The molecule has 0 aliphatic heterocycles. The van der Waals surface area contributed by atoms with Crippen molar-refractivity contribution in [2.45, 2.75) is 19.6 Å². The molecule has 3 heteroatoms. The van der Waals surface area contributed by atoms with Crippen molar-refractivity contribution < 1.29 is 9.47 Å². The summed E-state index contributed by atoms with van der Waals surface area (Å²) in [4.78, 5) is 0. The molecule has 0 aromatic carbocycles. The van der Waals surface area contributed by atoms with Gasteiger partial charge in [-0.3, -0.25) is 5.73 Å². The summed E-state index contributed by atoms with van der Waals surface area (Å²) < 4.78 is 9.98. The van der Waals surface area contributed by atoms with Gasteiger partial charge in [0.25, 0.3) is 0 Å². The second-order valence-electron chi connectivity index (χ2n) is 1.66. The van der Waals surface area contributed by atoms with Crippen LogP contribution in [0.15, 0.2) is 0 Å². The summed E-state index contributed by atoms with van der Waals surface area (Å²) in [5.41, 5.74) is 6.85. The van der Waals surface area contributed by atoms with E-state index in [1.807, 2.05) is 6.92 Å². The van der Waals surface area contributed by atoms with E-state index < -0.39 is 0 Å². The van der Waals surface area contributed by atoms with Gasteiger partial charge in [-0.05, 0) is 6.92 Å². The zero-order valence-electron chi connectivity index (χ0n) is 6.02. The lowest BCUT2D eigenvalue weighted by Crippen LogP contribution is -2.16. The van der Waals surface area contributed by atoms with Crippen molar-refractivity contribution in [2.75, 3.05) is 20.3 Å². The van der Waals surface area contributed by atoms with Crippen molar-refractivity contribution in [3.8, 4) is 0 Å². The Morgan fingerprint density at radius 1 is 1.56 bits per heavy atom. The monoisotopic (exact) mass is 132 g/mol. The van der Waals surface area contributed by atoms with Crippen LogP contribution in [0.2, 0.25) is 0 Å². The quantitative estimate of drug-likeness (QED) is 0.516. The summed E-state index contributed by atoms with van der Waals surface area (Å²) in [6.45, 7) is 2.92. The lowest BCUT2D eigenvalue weighted by Gasteiger charge is -2.12. The number of rotatable bonds is 5. The van der Waals surface area contributed by atoms with Crippen LogP contribution >= 0.6 is 0 Å². The number of hydrogen-bond acceptors (Lipinski definition) is 2. The fraction of sp³-hybridized carbons (Fsp3) is 1.00. The van der Waals surface area contributed by atoms with Gasteiger partial charge in [-0.2, -0.15) is 0 Å². The van der Waals surface area contributed by atoms with E-state index >= 15 is 0 Å². The van der Waals surface area contributed by atoms with Gasteiger partial charge in [-0.1, -0.05) is 0 Å². The summed E-state index contributed by atoms with van der Waals surface area (Å²) in [6, 6.07) is 0. The molecule has 0 saturated carbocycles. The molecule has 0 aromatic rings. The summed E-state index contributed by atoms with van der Waals surface area (Å²) >= 11 is 0. The highest BCUT2D eigenvalue weighted by molar-refractivity contribution is 4.42. The number of methoxy groups -OCH3 is 1. The Kier molecular flexibility index (Phi) is 5.93. The smallest absolute Gasteiger partial charge is 0.158 e. The summed E-state index contributed by atoms with van der Waals surface area (Å²) in [7, 11) is 1.59. The van der Waals surface area contributed by atoms with Crippen LogP contribution in [0.3, 0.4) is 0 Å². The van der Waals surface area contributed by atoms with Crippen LogP contribution in [0.25, 0.3) is 0 Å². The Hall–Kier alpha value is -0.120. The third-order valence-electron chi connectivity index (χ3n) is 0.995. The maximum atomic E-state index is 6.85. The SMILES string of the molecule is CCOC(CC[NH])OC. The van der Waals surface area contributed by atoms with Crippen molar-refractivity contribution in [3.63, 3.8) is 0 Å². The minimum absolute atomic E-state index is 0.174. The Morgan fingerprint density at radius 3 is 2.56 bits per heavy atom. The predicted molar refractivity (Wildman–Crippen MR) is 35.0 cm³/mol. The third-order valence-corrected chi connectivity index (χ3v) is 0.995. The first-order valence-electron chi connectivity index (χ1n) is 3.14. The topological polar surface area (TPSA) is 42.3 Å². The van der Waals surface area contributed by atoms with Gasteiger partial charge in [-0.25, -0.2) is 0 Å². The van der Waals surface area contributed by atoms with Gasteiger partial charge in [0.05, 0.1) is 0 Å². The molecule has 1 atom stereocenters. The maximum Gasteiger partial charge on any atom is 0.158 e. The molecule has 0 heterocycles. The molecule has 1 radical (unpaired) electrons. The van der Waals surface area contributed by atoms with Crippen LogP contribution in [-0.2, 0) is 9.47 Å². The van der Waals surface area contributed by atoms with Crippen LogP contribution in [-0.4, -0.2) is 26.6 Å². The van der Waals surface area contributed by atoms with E-state index in [0.717, 1.165) is 0 Å². The largest absolute Gasteiger partial charge is 0.356 e. The highest BCUT2D eigenvalue weighted by Gasteiger charge is 2.02. The van der Waals surface area contributed by atoms with Crippen molar-refractivity contribution in [2.24, 2.45) is 0 Å². The van der Waals surface area contributed by atoms with Crippen LogP contribution in [0.1, 0.15) is 13.3 Å². The molecule has 9 heavy (non-hydrogen) atoms. The fourth-order valence-corrected chi connectivity index (χ4v) is 0.573. The van der Waals surface area contributed by atoms with E-state index in [0.29, 0.717) is 19.6 Å². The molecule has 0 bridgehead atoms. The number of nitrogens with one attached hydrogen (secondary N) is 1. The average Bonchev–Trinajstić information content (AvgIpc) is 1.88. The Labute approximate surface area is 56.1 Å². The first-order chi connectivity index (χ1) is 4.35. The lowest BCUT2D eigenvalue weighted by atomic mass is 10.4. The first-order valence-corrected chi connectivity index (χ1v) is 3.14.